The highest BCUT2D eigenvalue weighted by Crippen LogP contribution is 2.23. The van der Waals surface area contributed by atoms with Gasteiger partial charge in [-0.1, -0.05) is 17.7 Å². The van der Waals surface area contributed by atoms with Gasteiger partial charge in [0, 0.05) is 35.9 Å². The van der Waals surface area contributed by atoms with Crippen molar-refractivity contribution in [2.75, 3.05) is 18.6 Å². The molecule has 3 nitrogen and oxygen atoms in total. The highest BCUT2D eigenvalue weighted by molar-refractivity contribution is 7.84. The summed E-state index contributed by atoms with van der Waals surface area (Å²) in [5.74, 6) is 0.737. The molecule has 15 heavy (non-hydrogen) atoms. The molecular formula is C10H14ClNO2S. The van der Waals surface area contributed by atoms with Crippen LogP contribution in [0.2, 0.25) is 5.02 Å². The van der Waals surface area contributed by atoms with Crippen LogP contribution in [0.4, 0.5) is 0 Å². The molecule has 0 saturated heterocycles. The summed E-state index contributed by atoms with van der Waals surface area (Å²) < 4.78 is 10.8. The van der Waals surface area contributed by atoms with E-state index in [1.54, 1.807) is 24.5 Å². The quantitative estimate of drug-likeness (QED) is 0.776. The minimum atomic E-state index is -0.760. The van der Waals surface area contributed by atoms with Crippen LogP contribution in [-0.4, -0.2) is 27.9 Å². The molecule has 0 amide bonds. The normalized spacial score (nSPS) is 12.7. The summed E-state index contributed by atoms with van der Waals surface area (Å²) >= 11 is 5.75. The molecule has 2 N–H and O–H groups in total. The lowest BCUT2D eigenvalue weighted by Crippen LogP contribution is -2.19. The number of rotatable bonds is 5. The van der Waals surface area contributed by atoms with Crippen molar-refractivity contribution < 1.29 is 9.32 Å². The van der Waals surface area contributed by atoms with E-state index in [-0.39, 0.29) is 5.75 Å². The van der Waals surface area contributed by atoms with Crippen molar-refractivity contribution >= 4 is 22.4 Å². The van der Waals surface area contributed by atoms with Crippen LogP contribution in [0.1, 0.15) is 5.56 Å². The molecular weight excluding hydrogens is 234 g/mol. The molecule has 5 heteroatoms. The second-order valence-electron chi connectivity index (χ2n) is 3.24. The molecule has 1 aromatic rings. The topological polar surface area (TPSA) is 49.3 Å². The highest BCUT2D eigenvalue weighted by Gasteiger charge is 1.99. The average Bonchev–Trinajstić information content (AvgIpc) is 2.18. The lowest BCUT2D eigenvalue weighted by molar-refractivity contribution is 0.475. The third-order valence-electron chi connectivity index (χ3n) is 1.91. The molecule has 1 aromatic carbocycles. The lowest BCUT2D eigenvalue weighted by Gasteiger charge is -2.05. The summed E-state index contributed by atoms with van der Waals surface area (Å²) in [5, 5.41) is 12.7. The number of nitrogens with one attached hydrogen (secondary N) is 1. The second-order valence-corrected chi connectivity index (χ2v) is 5.20. The molecule has 0 aromatic heterocycles. The van der Waals surface area contributed by atoms with Crippen LogP contribution in [0.15, 0.2) is 18.2 Å². The van der Waals surface area contributed by atoms with Crippen LogP contribution in [0, 0.1) is 0 Å². The van der Waals surface area contributed by atoms with Crippen molar-refractivity contribution in [3.63, 3.8) is 0 Å². The monoisotopic (exact) mass is 247 g/mol. The maximum Gasteiger partial charge on any atom is 0.134 e. The van der Waals surface area contributed by atoms with Gasteiger partial charge in [0.05, 0.1) is 5.02 Å². The van der Waals surface area contributed by atoms with E-state index in [1.807, 2.05) is 0 Å². The number of phenols is 1. The Hall–Kier alpha value is -0.580. The third-order valence-corrected chi connectivity index (χ3v) is 2.99. The molecule has 0 radical (unpaired) electrons. The number of phenolic OH excluding ortho intramolecular Hbond substituents is 1. The SMILES string of the molecule is CS(=O)CCNCc1ccc(O)c(Cl)c1. The number of halogens is 1. The van der Waals surface area contributed by atoms with Gasteiger partial charge in [-0.3, -0.25) is 4.21 Å². The van der Waals surface area contributed by atoms with Gasteiger partial charge in [-0.2, -0.15) is 0 Å². The van der Waals surface area contributed by atoms with E-state index in [0.717, 1.165) is 5.56 Å². The van der Waals surface area contributed by atoms with Crippen LogP contribution in [0.5, 0.6) is 5.75 Å². The van der Waals surface area contributed by atoms with Gasteiger partial charge in [-0.15, -0.1) is 0 Å². The van der Waals surface area contributed by atoms with Gasteiger partial charge in [0.15, 0.2) is 0 Å². The molecule has 0 aliphatic carbocycles. The van der Waals surface area contributed by atoms with Crippen molar-refractivity contribution in [2.24, 2.45) is 0 Å². The Labute approximate surface area is 96.9 Å². The third kappa shape index (κ3) is 4.64. The fraction of sp³-hybridized carbons (Fsp3) is 0.400. The number of hydrogen-bond donors (Lipinski definition) is 2. The molecule has 1 rings (SSSR count). The van der Waals surface area contributed by atoms with E-state index in [0.29, 0.717) is 23.9 Å². The second kappa shape index (κ2) is 6.10. The molecule has 0 spiro atoms. The van der Waals surface area contributed by atoms with E-state index in [1.165, 1.54) is 0 Å². The predicted octanol–water partition coefficient (Wildman–Crippen LogP) is 1.51. The van der Waals surface area contributed by atoms with Crippen molar-refractivity contribution in [1.29, 1.82) is 0 Å². The fourth-order valence-electron chi connectivity index (χ4n) is 1.11. The molecule has 1 atom stereocenters. The maximum absolute atomic E-state index is 10.8. The van der Waals surface area contributed by atoms with E-state index in [4.69, 9.17) is 11.6 Å². The number of aromatic hydroxyl groups is 1. The summed E-state index contributed by atoms with van der Waals surface area (Å²) in [6, 6.07) is 5.08. The zero-order valence-corrected chi connectivity index (χ0v) is 10.1. The zero-order chi connectivity index (χ0) is 11.3. The summed E-state index contributed by atoms with van der Waals surface area (Å²) in [6.07, 6.45) is 1.68. The minimum absolute atomic E-state index is 0.0927. The molecule has 1 unspecified atom stereocenters. The Morgan fingerprint density at radius 3 is 2.87 bits per heavy atom. The Bertz CT molecular complexity index is 357. The van der Waals surface area contributed by atoms with Crippen LogP contribution in [-0.2, 0) is 17.3 Å². The van der Waals surface area contributed by atoms with Gasteiger partial charge in [0.2, 0.25) is 0 Å². The summed E-state index contributed by atoms with van der Waals surface area (Å²) in [6.45, 7) is 1.37. The molecule has 84 valence electrons. The number of hydrogen-bond acceptors (Lipinski definition) is 3. The van der Waals surface area contributed by atoms with Gasteiger partial charge < -0.3 is 10.4 Å². The van der Waals surface area contributed by atoms with E-state index < -0.39 is 10.8 Å². The predicted molar refractivity (Wildman–Crippen MR) is 63.8 cm³/mol. The average molecular weight is 248 g/mol. The van der Waals surface area contributed by atoms with Gasteiger partial charge >= 0.3 is 0 Å². The van der Waals surface area contributed by atoms with Crippen LogP contribution in [0.25, 0.3) is 0 Å². The minimum Gasteiger partial charge on any atom is -0.506 e. The number of benzene rings is 1. The van der Waals surface area contributed by atoms with Gasteiger partial charge in [-0.25, -0.2) is 0 Å². The van der Waals surface area contributed by atoms with Crippen LogP contribution >= 0.6 is 11.6 Å². The largest absolute Gasteiger partial charge is 0.506 e. The first-order valence-electron chi connectivity index (χ1n) is 4.57. The van der Waals surface area contributed by atoms with Crippen molar-refractivity contribution in [1.82, 2.24) is 5.32 Å². The first-order valence-corrected chi connectivity index (χ1v) is 6.68. The van der Waals surface area contributed by atoms with Crippen molar-refractivity contribution in [2.45, 2.75) is 6.54 Å². The first kappa shape index (κ1) is 12.5. The molecule has 0 saturated carbocycles. The van der Waals surface area contributed by atoms with Crippen molar-refractivity contribution in [3.8, 4) is 5.75 Å². The molecule has 0 heterocycles. The van der Waals surface area contributed by atoms with Gasteiger partial charge in [0.25, 0.3) is 0 Å². The molecule has 0 aliphatic heterocycles. The van der Waals surface area contributed by atoms with Gasteiger partial charge in [-0.05, 0) is 17.7 Å². The highest BCUT2D eigenvalue weighted by atomic mass is 35.5. The summed E-state index contributed by atoms with van der Waals surface area (Å²) in [7, 11) is -0.760. The maximum atomic E-state index is 10.8. The summed E-state index contributed by atoms with van der Waals surface area (Å²) in [5.41, 5.74) is 1.000. The lowest BCUT2D eigenvalue weighted by atomic mass is 10.2. The van der Waals surface area contributed by atoms with Crippen molar-refractivity contribution in [3.05, 3.63) is 28.8 Å². The zero-order valence-electron chi connectivity index (χ0n) is 8.50. The molecule has 0 aliphatic rings. The van der Waals surface area contributed by atoms with Crippen LogP contribution in [0.3, 0.4) is 0 Å². The Balaban J connectivity index is 2.38. The van der Waals surface area contributed by atoms with E-state index >= 15 is 0 Å². The van der Waals surface area contributed by atoms with Gasteiger partial charge in [0.1, 0.15) is 5.75 Å². The van der Waals surface area contributed by atoms with E-state index in [9.17, 15) is 9.32 Å². The Morgan fingerprint density at radius 2 is 2.27 bits per heavy atom. The van der Waals surface area contributed by atoms with E-state index in [2.05, 4.69) is 5.32 Å². The first-order chi connectivity index (χ1) is 7.09. The Kier molecular flexibility index (Phi) is 5.08. The molecule has 0 bridgehead atoms. The Morgan fingerprint density at radius 1 is 1.53 bits per heavy atom. The molecule has 0 fully saturated rings. The van der Waals surface area contributed by atoms with Crippen LogP contribution < -0.4 is 5.32 Å². The smallest absolute Gasteiger partial charge is 0.134 e. The standard InChI is InChI=1S/C10H14ClNO2S/c1-15(14)5-4-12-7-8-2-3-10(13)9(11)6-8/h2-3,6,12-13H,4-5,7H2,1H3. The fourth-order valence-corrected chi connectivity index (χ4v) is 1.74. The summed E-state index contributed by atoms with van der Waals surface area (Å²) in [4.78, 5) is 0.